The number of pyridine rings is 2. The highest BCUT2D eigenvalue weighted by atomic mass is 16.5. The van der Waals surface area contributed by atoms with Gasteiger partial charge in [-0.05, 0) is 48.9 Å². The second-order valence-corrected chi connectivity index (χ2v) is 6.16. The molecule has 2 aliphatic carbocycles. The van der Waals surface area contributed by atoms with Gasteiger partial charge in [0.05, 0.1) is 12.7 Å². The summed E-state index contributed by atoms with van der Waals surface area (Å²) in [6.07, 6.45) is 10.7. The minimum absolute atomic E-state index is 0. The average Bonchev–Trinajstić information content (AvgIpc) is 2.69. The fourth-order valence-corrected chi connectivity index (χ4v) is 3.19. The van der Waals surface area contributed by atoms with E-state index in [4.69, 9.17) is 0 Å². The molecule has 0 radical (unpaired) electrons. The average molecular weight is 368 g/mol. The number of hydrogen-bond acceptors (Lipinski definition) is 6. The Morgan fingerprint density at radius 1 is 1.00 bits per heavy atom. The lowest BCUT2D eigenvalue weighted by Gasteiger charge is -2.17. The maximum atomic E-state index is 11.3. The Balaban J connectivity index is 0.000000194. The van der Waals surface area contributed by atoms with E-state index in [0.29, 0.717) is 30.4 Å². The number of carbonyl (C=O) groups is 2. The summed E-state index contributed by atoms with van der Waals surface area (Å²) in [6, 6.07) is 3.52. The Hall–Kier alpha value is -3.02. The molecule has 1 N–H and O–H groups in total. The predicted molar refractivity (Wildman–Crippen MR) is 102 cm³/mol. The number of methoxy groups -OCH3 is 1. The molecule has 0 atom stereocenters. The van der Waals surface area contributed by atoms with Crippen molar-refractivity contribution in [3.8, 4) is 0 Å². The molecule has 0 aromatic carbocycles. The van der Waals surface area contributed by atoms with E-state index in [1.807, 2.05) is 6.07 Å². The van der Waals surface area contributed by atoms with Crippen LogP contribution in [0, 0.1) is 0 Å². The van der Waals surface area contributed by atoms with Crippen molar-refractivity contribution in [1.29, 1.82) is 0 Å². The maximum absolute atomic E-state index is 11.3. The van der Waals surface area contributed by atoms with Crippen LogP contribution in [0.1, 0.15) is 53.7 Å². The molecule has 4 rings (SSSR count). The summed E-state index contributed by atoms with van der Waals surface area (Å²) in [5.41, 5.74) is 3.98. The van der Waals surface area contributed by atoms with Gasteiger partial charge in [-0.15, -0.1) is 0 Å². The van der Waals surface area contributed by atoms with Gasteiger partial charge in [-0.1, -0.05) is 7.43 Å². The Labute approximate surface area is 158 Å². The van der Waals surface area contributed by atoms with Crippen LogP contribution in [0.4, 0.5) is 0 Å². The van der Waals surface area contributed by atoms with Crippen LogP contribution in [0.5, 0.6) is 0 Å². The van der Waals surface area contributed by atoms with Crippen molar-refractivity contribution < 1.29 is 19.4 Å². The lowest BCUT2D eigenvalue weighted by molar-refractivity contribution is -0.136. The summed E-state index contributed by atoms with van der Waals surface area (Å²) in [5.74, 6) is -0.172. The summed E-state index contributed by atoms with van der Waals surface area (Å²) in [6.45, 7) is 0. The van der Waals surface area contributed by atoms with Crippen molar-refractivity contribution in [3.05, 3.63) is 64.7 Å². The van der Waals surface area contributed by atoms with E-state index in [1.165, 1.54) is 7.11 Å². The number of ether oxygens (including phenoxy) is 1. The SMILES string of the molecule is C.COC(=O)C1=C(O)c2ccncc2CC1.O=C1CCCc2cnccc21. The first-order valence-electron chi connectivity index (χ1n) is 8.51. The summed E-state index contributed by atoms with van der Waals surface area (Å²) >= 11 is 0. The Morgan fingerprint density at radius 3 is 2.26 bits per heavy atom. The number of rotatable bonds is 1. The number of aliphatic hydroxyl groups excluding tert-OH is 1. The zero-order chi connectivity index (χ0) is 18.5. The topological polar surface area (TPSA) is 89.4 Å². The number of hydrogen-bond donors (Lipinski definition) is 1. The van der Waals surface area contributed by atoms with Crippen LogP contribution in [-0.4, -0.2) is 33.9 Å². The second-order valence-electron chi connectivity index (χ2n) is 6.16. The molecule has 142 valence electrons. The highest BCUT2D eigenvalue weighted by molar-refractivity contribution is 5.98. The molecule has 6 heteroatoms. The number of aromatic nitrogens is 2. The third-order valence-corrected chi connectivity index (χ3v) is 4.57. The van der Waals surface area contributed by atoms with Gasteiger partial charge < -0.3 is 9.84 Å². The first-order valence-corrected chi connectivity index (χ1v) is 8.51. The number of aryl methyl sites for hydroxylation is 2. The van der Waals surface area contributed by atoms with E-state index in [1.54, 1.807) is 30.9 Å². The molecule has 2 aliphatic rings. The van der Waals surface area contributed by atoms with Gasteiger partial charge in [0.2, 0.25) is 0 Å². The Bertz CT molecular complexity index is 874. The highest BCUT2D eigenvalue weighted by Crippen LogP contribution is 2.29. The number of nitrogens with zero attached hydrogens (tertiary/aromatic N) is 2. The fourth-order valence-electron chi connectivity index (χ4n) is 3.19. The highest BCUT2D eigenvalue weighted by Gasteiger charge is 2.23. The molecule has 0 amide bonds. The largest absolute Gasteiger partial charge is 0.507 e. The van der Waals surface area contributed by atoms with E-state index < -0.39 is 5.97 Å². The van der Waals surface area contributed by atoms with Gasteiger partial charge in [0.25, 0.3) is 0 Å². The molecule has 2 aromatic heterocycles. The van der Waals surface area contributed by atoms with Gasteiger partial charge in [0, 0.05) is 42.3 Å². The Kier molecular flexibility index (Phi) is 6.82. The molecular weight excluding hydrogens is 344 g/mol. The third-order valence-electron chi connectivity index (χ3n) is 4.57. The molecular formula is C21H24N2O4. The van der Waals surface area contributed by atoms with Crippen LogP contribution in [0.3, 0.4) is 0 Å². The van der Waals surface area contributed by atoms with Crippen LogP contribution in [0.2, 0.25) is 0 Å². The van der Waals surface area contributed by atoms with Gasteiger partial charge in [-0.25, -0.2) is 4.79 Å². The van der Waals surface area contributed by atoms with Gasteiger partial charge in [0.15, 0.2) is 5.78 Å². The van der Waals surface area contributed by atoms with Crippen molar-refractivity contribution in [1.82, 2.24) is 9.97 Å². The lowest BCUT2D eigenvalue weighted by Crippen LogP contribution is -2.13. The summed E-state index contributed by atoms with van der Waals surface area (Å²) in [4.78, 5) is 30.5. The van der Waals surface area contributed by atoms with Crippen molar-refractivity contribution >= 4 is 17.5 Å². The zero-order valence-electron chi connectivity index (χ0n) is 14.6. The maximum Gasteiger partial charge on any atom is 0.337 e. The zero-order valence-corrected chi connectivity index (χ0v) is 14.6. The lowest BCUT2D eigenvalue weighted by atomic mass is 9.92. The minimum Gasteiger partial charge on any atom is -0.507 e. The monoisotopic (exact) mass is 368 g/mol. The number of esters is 1. The molecule has 0 unspecified atom stereocenters. The van der Waals surface area contributed by atoms with E-state index in [9.17, 15) is 14.7 Å². The smallest absolute Gasteiger partial charge is 0.337 e. The molecule has 0 aliphatic heterocycles. The minimum atomic E-state index is -0.463. The van der Waals surface area contributed by atoms with E-state index in [2.05, 4.69) is 14.7 Å². The van der Waals surface area contributed by atoms with E-state index in [-0.39, 0.29) is 19.0 Å². The summed E-state index contributed by atoms with van der Waals surface area (Å²) in [7, 11) is 1.31. The summed E-state index contributed by atoms with van der Waals surface area (Å²) in [5, 5.41) is 9.87. The first-order chi connectivity index (χ1) is 12.6. The van der Waals surface area contributed by atoms with Crippen molar-refractivity contribution in [2.45, 2.75) is 39.5 Å². The molecule has 0 saturated heterocycles. The van der Waals surface area contributed by atoms with Gasteiger partial charge in [-0.2, -0.15) is 0 Å². The normalized spacial score (nSPS) is 14.8. The Morgan fingerprint density at radius 2 is 1.63 bits per heavy atom. The van der Waals surface area contributed by atoms with Crippen LogP contribution < -0.4 is 0 Å². The second kappa shape index (κ2) is 9.07. The molecule has 0 saturated carbocycles. The molecule has 2 aromatic rings. The van der Waals surface area contributed by atoms with Gasteiger partial charge in [-0.3, -0.25) is 14.8 Å². The number of fused-ring (bicyclic) bond motifs is 2. The molecule has 0 fully saturated rings. The van der Waals surface area contributed by atoms with Crippen molar-refractivity contribution in [2.75, 3.05) is 7.11 Å². The van der Waals surface area contributed by atoms with E-state index >= 15 is 0 Å². The third kappa shape index (κ3) is 4.39. The van der Waals surface area contributed by atoms with Gasteiger partial charge in [0.1, 0.15) is 5.76 Å². The fraction of sp³-hybridized carbons (Fsp3) is 0.333. The number of Topliss-reactive ketones (excluding diaryl/α,β-unsaturated/α-hetero) is 1. The van der Waals surface area contributed by atoms with Crippen molar-refractivity contribution in [2.24, 2.45) is 0 Å². The standard InChI is InChI=1S/C11H11NO3.C9H9NO.CH4/c1-15-11(14)9-3-2-7-6-12-5-4-8(7)10(9)13;11-9-3-1-2-7-6-10-5-4-8(7)9;/h4-6,13H,2-3H2,1H3;4-6H,1-3H2;1H4. The molecule has 0 bridgehead atoms. The molecule has 2 heterocycles. The summed E-state index contributed by atoms with van der Waals surface area (Å²) < 4.78 is 4.60. The number of aliphatic hydroxyl groups is 1. The molecule has 27 heavy (non-hydrogen) atoms. The van der Waals surface area contributed by atoms with Crippen LogP contribution in [0.25, 0.3) is 5.76 Å². The van der Waals surface area contributed by atoms with Crippen molar-refractivity contribution in [3.63, 3.8) is 0 Å². The van der Waals surface area contributed by atoms with E-state index in [0.717, 1.165) is 29.5 Å². The van der Waals surface area contributed by atoms with Crippen LogP contribution >= 0.6 is 0 Å². The predicted octanol–water partition coefficient (Wildman–Crippen LogP) is 3.71. The number of ketones is 1. The van der Waals surface area contributed by atoms with Crippen LogP contribution in [-0.2, 0) is 22.4 Å². The quantitative estimate of drug-likeness (QED) is 0.772. The molecule has 0 spiro atoms. The number of carbonyl (C=O) groups excluding carboxylic acids is 2. The van der Waals surface area contributed by atoms with Gasteiger partial charge >= 0.3 is 5.97 Å². The first kappa shape index (κ1) is 20.3. The molecule has 6 nitrogen and oxygen atoms in total. The van der Waals surface area contributed by atoms with Crippen LogP contribution in [0.15, 0.2) is 42.5 Å².